The molecule has 3 N–H and O–H groups in total. The summed E-state index contributed by atoms with van der Waals surface area (Å²) in [5.41, 5.74) is 14.1. The molecule has 31 heteroatoms. The normalized spacial score (nSPS) is 12.9. The zero-order chi connectivity index (χ0) is 90.3. The van der Waals surface area contributed by atoms with Gasteiger partial charge < -0.3 is 25.4 Å². The first-order valence-corrected chi connectivity index (χ1v) is 44.3. The number of rotatable bonds is 0. The molecular weight excluding hydrogens is 1590 g/mol. The lowest BCUT2D eigenvalue weighted by Crippen LogP contribution is -2.18. The molecule has 0 saturated carbocycles. The molecule has 0 unspecified atom stereocenters. The molecule has 0 saturated heterocycles. The molecule has 8 aromatic heterocycles. The molecule has 0 atom stereocenters. The van der Waals surface area contributed by atoms with Crippen molar-refractivity contribution in [1.29, 1.82) is 0 Å². The number of hydrogen-bond acceptors (Lipinski definition) is 25. The third-order valence-electron chi connectivity index (χ3n) is 14.9. The van der Waals surface area contributed by atoms with Crippen molar-refractivity contribution in [2.24, 2.45) is 13.2 Å². The van der Waals surface area contributed by atoms with Gasteiger partial charge in [-0.25, -0.2) is 69.8 Å². The van der Waals surface area contributed by atoms with Crippen LogP contribution < -0.4 is 25.4 Å². The minimum Gasteiger partial charge on any atom is -0.489 e. The SMILES string of the molecule is CC.CC.CC.CC.CC.CC.CC.CC1=Cc2ccccc2OC1.CC1=Cc2ccccc2OC1.CC1=NS(=O)(=O)c2ccc(C)cc2N1.CC1=NS(=O)(=O)c2ccccc2N1.CC1=NS(=O)(=O)c2ccccc2N1.Cc1cnc2ncccc2c1.Cc1ncc2nc(C)ncc2n1.Cc1ncc2nccnc2n1.Cc1ncc2nccnc2n1. The quantitative estimate of drug-likeness (QED) is 0.127. The second-order valence-corrected chi connectivity index (χ2v) is 28.7. The van der Waals surface area contributed by atoms with Gasteiger partial charge in [0.1, 0.15) is 102 Å². The van der Waals surface area contributed by atoms with Crippen LogP contribution in [0, 0.1) is 41.5 Å². The average molecular weight is 1700 g/mol. The molecule has 13 heterocycles. The number of sulfonamides is 3. The van der Waals surface area contributed by atoms with Gasteiger partial charge in [-0.3, -0.25) is 0 Å². The highest BCUT2D eigenvalue weighted by molar-refractivity contribution is 7.91. The molecule has 13 aromatic rings. The number of fused-ring (bicyclic) bond motifs is 9. The van der Waals surface area contributed by atoms with E-state index < -0.39 is 30.1 Å². The van der Waals surface area contributed by atoms with E-state index in [1.165, 1.54) is 40.0 Å². The van der Waals surface area contributed by atoms with Crippen molar-refractivity contribution in [3.63, 3.8) is 0 Å². The van der Waals surface area contributed by atoms with Crippen LogP contribution in [0.15, 0.2) is 234 Å². The van der Waals surface area contributed by atoms with Crippen molar-refractivity contribution >= 4 is 121 Å². The Morgan fingerprint density at radius 1 is 0.298 bits per heavy atom. The number of ether oxygens (including phenoxy) is 2. The number of nitrogens with zero attached hydrogens (tertiary/aromatic N) is 17. The van der Waals surface area contributed by atoms with Crippen LogP contribution in [0.25, 0.3) is 56.5 Å². The van der Waals surface area contributed by atoms with E-state index in [2.05, 4.69) is 143 Å². The topological polar surface area (TPSA) is 375 Å². The largest absolute Gasteiger partial charge is 0.489 e. The summed E-state index contributed by atoms with van der Waals surface area (Å²) in [5, 5.41) is 9.80. The molecular formula is C90H116N20O8S3. The third-order valence-corrected chi connectivity index (χ3v) is 19.2. The maximum Gasteiger partial charge on any atom is 0.286 e. The van der Waals surface area contributed by atoms with E-state index in [-0.39, 0.29) is 14.7 Å². The van der Waals surface area contributed by atoms with Gasteiger partial charge >= 0.3 is 0 Å². The lowest BCUT2D eigenvalue weighted by Gasteiger charge is -2.15. The van der Waals surface area contributed by atoms with E-state index in [9.17, 15) is 25.3 Å². The van der Waals surface area contributed by atoms with Crippen molar-refractivity contribution in [3.8, 4) is 11.5 Å². The molecule has 0 bridgehead atoms. The number of hydrogen-bond donors (Lipinski definition) is 3. The number of amidine groups is 3. The van der Waals surface area contributed by atoms with Gasteiger partial charge in [-0.2, -0.15) is 25.3 Å². The summed E-state index contributed by atoms with van der Waals surface area (Å²) in [6.45, 7) is 49.8. The highest BCUT2D eigenvalue weighted by atomic mass is 32.2. The number of para-hydroxylation sites is 4. The zero-order valence-corrected chi connectivity index (χ0v) is 76.6. The van der Waals surface area contributed by atoms with Gasteiger partial charge in [-0.15, -0.1) is 13.2 Å². The molecule has 5 aromatic carbocycles. The first-order valence-electron chi connectivity index (χ1n) is 40.0. The van der Waals surface area contributed by atoms with Crippen molar-refractivity contribution in [1.82, 2.24) is 69.8 Å². The second kappa shape index (κ2) is 53.6. The second-order valence-electron chi connectivity index (χ2n) is 24.0. The molecule has 0 aliphatic carbocycles. The maximum absolute atomic E-state index is 11.6. The molecule has 0 amide bonds. The van der Waals surface area contributed by atoms with Crippen LogP contribution in [0.1, 0.15) is 177 Å². The summed E-state index contributed by atoms with van der Waals surface area (Å²) in [6.07, 6.45) is 21.2. The number of anilines is 3. The Hall–Kier alpha value is -12.7. The van der Waals surface area contributed by atoms with Crippen LogP contribution in [-0.4, -0.2) is 126 Å². The van der Waals surface area contributed by atoms with Gasteiger partial charge in [0.15, 0.2) is 16.9 Å². The van der Waals surface area contributed by atoms with Crippen LogP contribution in [-0.2, 0) is 30.1 Å². The van der Waals surface area contributed by atoms with Crippen molar-refractivity contribution in [2.45, 2.75) is 188 Å². The number of pyridine rings is 2. The number of aryl methyl sites for hydroxylation is 6. The zero-order valence-electron chi connectivity index (χ0n) is 74.1. The minimum atomic E-state index is -3.48. The smallest absolute Gasteiger partial charge is 0.286 e. The van der Waals surface area contributed by atoms with Crippen molar-refractivity contribution in [2.75, 3.05) is 29.2 Å². The van der Waals surface area contributed by atoms with Crippen LogP contribution in [0.2, 0.25) is 0 Å². The Morgan fingerprint density at radius 2 is 0.645 bits per heavy atom. The molecule has 28 nitrogen and oxygen atoms in total. The monoisotopic (exact) mass is 1700 g/mol. The van der Waals surface area contributed by atoms with Crippen LogP contribution in [0.3, 0.4) is 0 Å². The molecule has 0 fully saturated rings. The van der Waals surface area contributed by atoms with Crippen molar-refractivity contribution in [3.05, 3.63) is 252 Å². The number of benzene rings is 5. The first-order chi connectivity index (χ1) is 58.2. The molecule has 18 rings (SSSR count). The Labute approximate surface area is 715 Å². The molecule has 5 aliphatic heterocycles. The van der Waals surface area contributed by atoms with E-state index in [4.69, 9.17) is 9.47 Å². The summed E-state index contributed by atoms with van der Waals surface area (Å²) in [7, 11) is -10.4. The highest BCUT2D eigenvalue weighted by Gasteiger charge is 2.25. The molecule has 0 radical (unpaired) electrons. The van der Waals surface area contributed by atoms with E-state index in [0.29, 0.717) is 45.9 Å². The maximum atomic E-state index is 11.6. The number of nitrogens with one attached hydrogen (secondary N) is 3. The van der Waals surface area contributed by atoms with Gasteiger partial charge in [0, 0.05) is 53.7 Å². The third kappa shape index (κ3) is 33.2. The molecule has 121 heavy (non-hydrogen) atoms. The van der Waals surface area contributed by atoms with Crippen molar-refractivity contribution < 1.29 is 34.7 Å². The minimum absolute atomic E-state index is 0.237. The Kier molecular flexibility index (Phi) is 45.4. The molecule has 5 aliphatic rings. The summed E-state index contributed by atoms with van der Waals surface area (Å²) in [4.78, 5) is 57.7. The summed E-state index contributed by atoms with van der Waals surface area (Å²) < 4.78 is 90.5. The fourth-order valence-electron chi connectivity index (χ4n) is 10.2. The van der Waals surface area contributed by atoms with Gasteiger partial charge in [-0.1, -0.05) is 164 Å². The van der Waals surface area contributed by atoms with E-state index in [1.807, 2.05) is 193 Å². The molecule has 642 valence electrons. The van der Waals surface area contributed by atoms with E-state index in [1.54, 1.807) is 131 Å². The Balaban J connectivity index is 0.000000345. The van der Waals surface area contributed by atoms with Crippen LogP contribution in [0.4, 0.5) is 17.1 Å². The summed E-state index contributed by atoms with van der Waals surface area (Å²) in [5.74, 6) is 6.14. The van der Waals surface area contributed by atoms with Crippen LogP contribution in [0.5, 0.6) is 11.5 Å². The predicted octanol–water partition coefficient (Wildman–Crippen LogP) is 20.5. The first kappa shape index (κ1) is 102. The summed E-state index contributed by atoms with van der Waals surface area (Å²) >= 11 is 0. The standard InChI is InChI=1S/2C10H10O.C9H10N2O2S.C9H8N2.C8H8N4.2C8H8N2O2S.2C7H6N4.7C2H6/c2*1-8-6-9-4-2-3-5-10(9)11-7-8;1-6-3-4-9-8(5-6)10-7(2)11-14(9,12)13;1-7-5-8-3-2-4-10-9(8)11-6-7;1-5-9-3-8-7(11-5)4-10-6(2)12-8;2*1-6-9-7-4-2-3-5-8(7)13(11,12)10-6;2*1-5-10-4-6-7(11-5)9-3-2-8-6;7*1-2/h2*2-6H,7H2,1H3;3-5H,1-2H3,(H,10,11);2-6H,1H3;3-4H,1-2H3;2*2-5H,1H3,(H,9,10);2*2-4H,1H3;7*1-2H3. The fourth-order valence-corrected chi connectivity index (χ4v) is 13.6. The van der Waals surface area contributed by atoms with E-state index in [0.717, 1.165) is 86.7 Å². The van der Waals surface area contributed by atoms with Gasteiger partial charge in [-0.05, 0) is 177 Å². The Morgan fingerprint density at radius 3 is 1.07 bits per heavy atom. The van der Waals surface area contributed by atoms with Crippen LogP contribution >= 0.6 is 0 Å². The molecule has 0 spiro atoms. The lowest BCUT2D eigenvalue weighted by molar-refractivity contribution is 0.347. The van der Waals surface area contributed by atoms with Gasteiger partial charge in [0.25, 0.3) is 30.1 Å². The average Bonchev–Trinajstić information content (AvgIpc) is 0.819. The number of aromatic nitrogens is 14. The van der Waals surface area contributed by atoms with Gasteiger partial charge in [0.05, 0.1) is 41.8 Å². The summed E-state index contributed by atoms with van der Waals surface area (Å²) in [6, 6.07) is 40.7. The van der Waals surface area contributed by atoms with Gasteiger partial charge in [0.2, 0.25) is 0 Å². The Bertz CT molecular complexity index is 5570. The fraction of sp³-hybridized carbons (Fsp3) is 0.300. The lowest BCUT2D eigenvalue weighted by atomic mass is 10.1. The van der Waals surface area contributed by atoms with E-state index >= 15 is 0 Å². The predicted molar refractivity (Wildman–Crippen MR) is 495 cm³/mol. The highest BCUT2D eigenvalue weighted by Crippen LogP contribution is 2.31.